The molecule has 1 aromatic carbocycles. The van der Waals surface area contributed by atoms with Gasteiger partial charge in [-0.1, -0.05) is 6.07 Å². The Morgan fingerprint density at radius 3 is 2.42 bits per heavy atom. The lowest BCUT2D eigenvalue weighted by atomic mass is 9.93. The molecule has 5 N–H and O–H groups in total. The number of nitrogen functional groups attached to an aromatic ring is 1. The minimum atomic E-state index is -3.70. The molecule has 0 fully saturated rings. The van der Waals surface area contributed by atoms with Crippen LogP contribution >= 0.6 is 0 Å². The summed E-state index contributed by atoms with van der Waals surface area (Å²) in [7, 11) is -3.70. The second kappa shape index (κ2) is 5.18. The van der Waals surface area contributed by atoms with Crippen molar-refractivity contribution in [2.24, 2.45) is 11.1 Å². The first-order valence-corrected chi connectivity index (χ1v) is 7.20. The molecular weight excluding hydrogens is 266 g/mol. The molecule has 1 amide bonds. The van der Waals surface area contributed by atoms with Gasteiger partial charge in [-0.15, -0.1) is 0 Å². The predicted molar refractivity (Wildman–Crippen MR) is 73.8 cm³/mol. The molecule has 0 aliphatic heterocycles. The summed E-state index contributed by atoms with van der Waals surface area (Å²) < 4.78 is 26.5. The topological polar surface area (TPSA) is 115 Å². The molecule has 0 radical (unpaired) electrons. The molecule has 0 aliphatic rings. The SMILES string of the molecule is Cc1ccc(S(=O)(=O)NCC(C)(C)C(N)=O)cc1N. The van der Waals surface area contributed by atoms with Crippen LogP contribution < -0.4 is 16.2 Å². The number of primary amides is 1. The third-order valence-corrected chi connectivity index (χ3v) is 4.33. The molecule has 0 aromatic heterocycles. The molecule has 0 saturated carbocycles. The van der Waals surface area contributed by atoms with Crippen molar-refractivity contribution in [3.63, 3.8) is 0 Å². The zero-order chi connectivity index (χ0) is 14.8. The molecule has 106 valence electrons. The second-order valence-electron chi connectivity index (χ2n) is 5.09. The van der Waals surface area contributed by atoms with E-state index in [1.165, 1.54) is 12.1 Å². The first-order valence-electron chi connectivity index (χ1n) is 5.72. The molecule has 0 saturated heterocycles. The standard InChI is InChI=1S/C12H19N3O3S/c1-8-4-5-9(6-10(8)13)19(17,18)15-7-12(2,3)11(14)16/h4-6,15H,7,13H2,1-3H3,(H2,14,16). The maximum atomic E-state index is 12.0. The van der Waals surface area contributed by atoms with E-state index in [2.05, 4.69) is 4.72 Å². The Hall–Kier alpha value is -1.60. The molecule has 1 rings (SSSR count). The van der Waals surface area contributed by atoms with Crippen molar-refractivity contribution in [1.82, 2.24) is 4.72 Å². The van der Waals surface area contributed by atoms with Crippen molar-refractivity contribution in [2.45, 2.75) is 25.7 Å². The van der Waals surface area contributed by atoms with Gasteiger partial charge in [0.2, 0.25) is 15.9 Å². The van der Waals surface area contributed by atoms with E-state index in [0.717, 1.165) is 5.56 Å². The summed E-state index contributed by atoms with van der Waals surface area (Å²) in [6.45, 7) is 4.86. The molecule has 0 spiro atoms. The maximum Gasteiger partial charge on any atom is 0.240 e. The van der Waals surface area contributed by atoms with E-state index in [4.69, 9.17) is 11.5 Å². The van der Waals surface area contributed by atoms with Gasteiger partial charge in [0, 0.05) is 12.2 Å². The highest BCUT2D eigenvalue weighted by atomic mass is 32.2. The van der Waals surface area contributed by atoms with Gasteiger partial charge in [-0.2, -0.15) is 0 Å². The molecule has 0 unspecified atom stereocenters. The number of nitrogens with one attached hydrogen (secondary N) is 1. The highest BCUT2D eigenvalue weighted by Crippen LogP contribution is 2.18. The van der Waals surface area contributed by atoms with Crippen molar-refractivity contribution in [3.8, 4) is 0 Å². The van der Waals surface area contributed by atoms with Crippen LogP contribution in [-0.2, 0) is 14.8 Å². The number of amides is 1. The molecule has 0 aliphatic carbocycles. The summed E-state index contributed by atoms with van der Waals surface area (Å²) in [5.74, 6) is -0.571. The Morgan fingerprint density at radius 2 is 1.95 bits per heavy atom. The van der Waals surface area contributed by atoms with Crippen LogP contribution in [-0.4, -0.2) is 20.9 Å². The van der Waals surface area contributed by atoms with E-state index in [-0.39, 0.29) is 11.4 Å². The number of nitrogens with two attached hydrogens (primary N) is 2. The highest BCUT2D eigenvalue weighted by Gasteiger charge is 2.27. The number of benzene rings is 1. The highest BCUT2D eigenvalue weighted by molar-refractivity contribution is 7.89. The van der Waals surface area contributed by atoms with Crippen molar-refractivity contribution in [1.29, 1.82) is 0 Å². The Bertz CT molecular complexity index is 594. The van der Waals surface area contributed by atoms with Crippen LogP contribution in [0.5, 0.6) is 0 Å². The Labute approximate surface area is 113 Å². The monoisotopic (exact) mass is 285 g/mol. The van der Waals surface area contributed by atoms with E-state index in [1.807, 2.05) is 0 Å². The lowest BCUT2D eigenvalue weighted by Gasteiger charge is -2.20. The zero-order valence-electron chi connectivity index (χ0n) is 11.2. The van der Waals surface area contributed by atoms with Gasteiger partial charge < -0.3 is 11.5 Å². The van der Waals surface area contributed by atoms with E-state index < -0.39 is 21.3 Å². The van der Waals surface area contributed by atoms with Gasteiger partial charge in [0.1, 0.15) is 0 Å². The fourth-order valence-corrected chi connectivity index (χ4v) is 2.48. The average Bonchev–Trinajstić information content (AvgIpc) is 2.30. The van der Waals surface area contributed by atoms with Gasteiger partial charge in [-0.25, -0.2) is 13.1 Å². The number of carbonyl (C=O) groups is 1. The van der Waals surface area contributed by atoms with Gasteiger partial charge in [0.25, 0.3) is 0 Å². The molecular formula is C12H19N3O3S. The summed E-state index contributed by atoms with van der Waals surface area (Å²) in [6.07, 6.45) is 0. The predicted octanol–water partition coefficient (Wildman–Crippen LogP) is 0.367. The third kappa shape index (κ3) is 3.68. The van der Waals surface area contributed by atoms with E-state index in [1.54, 1.807) is 26.8 Å². The van der Waals surface area contributed by atoms with Gasteiger partial charge in [0.15, 0.2) is 0 Å². The Kier molecular flexibility index (Phi) is 4.21. The summed E-state index contributed by atoms with van der Waals surface area (Å²) in [5.41, 5.74) is 11.1. The van der Waals surface area contributed by atoms with Crippen molar-refractivity contribution >= 4 is 21.6 Å². The fraction of sp³-hybridized carbons (Fsp3) is 0.417. The fourth-order valence-electron chi connectivity index (χ4n) is 1.23. The molecule has 6 nitrogen and oxygen atoms in total. The second-order valence-corrected chi connectivity index (χ2v) is 6.86. The van der Waals surface area contributed by atoms with Crippen LogP contribution in [0.2, 0.25) is 0 Å². The van der Waals surface area contributed by atoms with Gasteiger partial charge in [0.05, 0.1) is 10.3 Å². The first-order chi connectivity index (χ1) is 8.56. The van der Waals surface area contributed by atoms with E-state index >= 15 is 0 Å². The summed E-state index contributed by atoms with van der Waals surface area (Å²) in [4.78, 5) is 11.2. The maximum absolute atomic E-state index is 12.0. The zero-order valence-corrected chi connectivity index (χ0v) is 12.0. The van der Waals surface area contributed by atoms with Crippen LogP contribution in [0.1, 0.15) is 19.4 Å². The van der Waals surface area contributed by atoms with Crippen LogP contribution in [0.4, 0.5) is 5.69 Å². The normalized spacial score (nSPS) is 12.4. The smallest absolute Gasteiger partial charge is 0.240 e. The summed E-state index contributed by atoms with van der Waals surface area (Å²) in [5, 5.41) is 0. The molecule has 1 aromatic rings. The number of carbonyl (C=O) groups excluding carboxylic acids is 1. The van der Waals surface area contributed by atoms with Crippen LogP contribution in [0.3, 0.4) is 0 Å². The Balaban J connectivity index is 2.93. The van der Waals surface area contributed by atoms with E-state index in [0.29, 0.717) is 5.69 Å². The van der Waals surface area contributed by atoms with Crippen molar-refractivity contribution in [3.05, 3.63) is 23.8 Å². The molecule has 19 heavy (non-hydrogen) atoms. The lowest BCUT2D eigenvalue weighted by molar-refractivity contribution is -0.125. The van der Waals surface area contributed by atoms with Crippen LogP contribution in [0.25, 0.3) is 0 Å². The summed E-state index contributed by atoms with van der Waals surface area (Å²) >= 11 is 0. The number of sulfonamides is 1. The van der Waals surface area contributed by atoms with Gasteiger partial charge >= 0.3 is 0 Å². The third-order valence-electron chi connectivity index (χ3n) is 2.93. The average molecular weight is 285 g/mol. The molecule has 0 atom stereocenters. The number of rotatable bonds is 5. The largest absolute Gasteiger partial charge is 0.398 e. The molecule has 0 heterocycles. The quantitative estimate of drug-likeness (QED) is 0.678. The van der Waals surface area contributed by atoms with Crippen LogP contribution in [0.15, 0.2) is 23.1 Å². The van der Waals surface area contributed by atoms with E-state index in [9.17, 15) is 13.2 Å². The minimum absolute atomic E-state index is 0.0656. The molecule has 0 bridgehead atoms. The number of hydrogen-bond donors (Lipinski definition) is 3. The number of hydrogen-bond acceptors (Lipinski definition) is 4. The van der Waals surface area contributed by atoms with Gasteiger partial charge in [-0.3, -0.25) is 4.79 Å². The van der Waals surface area contributed by atoms with Crippen LogP contribution in [0, 0.1) is 12.3 Å². The lowest BCUT2D eigenvalue weighted by Crippen LogP contribution is -2.42. The summed E-state index contributed by atoms with van der Waals surface area (Å²) in [6, 6.07) is 4.48. The van der Waals surface area contributed by atoms with Crippen molar-refractivity contribution < 1.29 is 13.2 Å². The Morgan fingerprint density at radius 1 is 1.37 bits per heavy atom. The first kappa shape index (κ1) is 15.5. The van der Waals surface area contributed by atoms with Gasteiger partial charge in [-0.05, 0) is 38.5 Å². The number of aryl methyl sites for hydroxylation is 1. The van der Waals surface area contributed by atoms with Crippen molar-refractivity contribution in [2.75, 3.05) is 12.3 Å². The molecule has 7 heteroatoms. The minimum Gasteiger partial charge on any atom is -0.398 e. The number of anilines is 1.